The van der Waals surface area contributed by atoms with Gasteiger partial charge in [0.25, 0.3) is 0 Å². The van der Waals surface area contributed by atoms with Crippen molar-refractivity contribution < 1.29 is 18.0 Å². The Morgan fingerprint density at radius 3 is 2.84 bits per heavy atom. The first-order chi connectivity index (χ1) is 14.7. The quantitative estimate of drug-likeness (QED) is 0.634. The summed E-state index contributed by atoms with van der Waals surface area (Å²) in [6.07, 6.45) is -1.64. The van der Waals surface area contributed by atoms with Gasteiger partial charge < -0.3 is 10.2 Å². The summed E-state index contributed by atoms with van der Waals surface area (Å²) < 4.78 is 41.8. The van der Waals surface area contributed by atoms with Gasteiger partial charge in [-0.2, -0.15) is 18.3 Å². The van der Waals surface area contributed by atoms with E-state index in [0.717, 1.165) is 6.07 Å². The molecule has 1 amide bonds. The number of H-pyrrole nitrogens is 1. The normalized spacial score (nSPS) is 17.0. The number of aromatic nitrogens is 4. The minimum absolute atomic E-state index is 0.0528. The molecule has 1 unspecified atom stereocenters. The number of pyridine rings is 2. The monoisotopic (exact) mass is 432 g/mol. The Labute approximate surface area is 177 Å². The molecule has 7 nitrogen and oxygen atoms in total. The van der Waals surface area contributed by atoms with Crippen LogP contribution in [0.1, 0.15) is 49.7 Å². The van der Waals surface area contributed by atoms with Crippen molar-refractivity contribution in [2.75, 3.05) is 11.9 Å². The number of anilines is 1. The van der Waals surface area contributed by atoms with Crippen LogP contribution in [-0.4, -0.2) is 43.6 Å². The van der Waals surface area contributed by atoms with Crippen molar-refractivity contribution in [3.05, 3.63) is 47.4 Å². The molecule has 0 spiro atoms. The Kier molecular flexibility index (Phi) is 5.55. The van der Waals surface area contributed by atoms with Crippen LogP contribution in [0.5, 0.6) is 0 Å². The van der Waals surface area contributed by atoms with Gasteiger partial charge in [-0.3, -0.25) is 14.9 Å². The van der Waals surface area contributed by atoms with Crippen LogP contribution in [-0.2, 0) is 17.4 Å². The molecule has 1 aliphatic rings. The van der Waals surface area contributed by atoms with Crippen molar-refractivity contribution in [2.24, 2.45) is 0 Å². The minimum atomic E-state index is -4.59. The van der Waals surface area contributed by atoms with Crippen LogP contribution in [0.4, 0.5) is 19.0 Å². The molecule has 31 heavy (non-hydrogen) atoms. The van der Waals surface area contributed by atoms with Gasteiger partial charge in [-0.25, -0.2) is 4.98 Å². The molecule has 0 aliphatic carbocycles. The number of hydrogen-bond donors (Lipinski definition) is 2. The third-order valence-electron chi connectivity index (χ3n) is 5.25. The highest BCUT2D eigenvalue weighted by atomic mass is 19.4. The van der Waals surface area contributed by atoms with Crippen molar-refractivity contribution in [1.29, 1.82) is 0 Å². The molecule has 10 heteroatoms. The Balaban J connectivity index is 1.70. The third kappa shape index (κ3) is 4.33. The maximum atomic E-state index is 13.9. The van der Waals surface area contributed by atoms with Crippen molar-refractivity contribution in [1.82, 2.24) is 25.1 Å². The van der Waals surface area contributed by atoms with Crippen LogP contribution in [0.15, 0.2) is 30.5 Å². The van der Waals surface area contributed by atoms with Gasteiger partial charge in [0.2, 0.25) is 5.91 Å². The van der Waals surface area contributed by atoms with E-state index in [4.69, 9.17) is 0 Å². The summed E-state index contributed by atoms with van der Waals surface area (Å²) in [5, 5.41) is 9.46. The predicted molar refractivity (Wildman–Crippen MR) is 109 cm³/mol. The van der Waals surface area contributed by atoms with Gasteiger partial charge in [-0.15, -0.1) is 0 Å². The summed E-state index contributed by atoms with van der Waals surface area (Å²) in [4.78, 5) is 23.1. The van der Waals surface area contributed by atoms with Gasteiger partial charge in [0, 0.05) is 24.5 Å². The summed E-state index contributed by atoms with van der Waals surface area (Å²) in [5.41, 5.74) is 0.0763. The molecule has 0 saturated carbocycles. The average molecular weight is 432 g/mol. The fraction of sp³-hybridized carbons (Fsp3) is 0.429. The van der Waals surface area contributed by atoms with Crippen LogP contribution in [0, 0.1) is 0 Å². The molecule has 4 rings (SSSR count). The molecule has 4 heterocycles. The second-order valence-electron chi connectivity index (χ2n) is 7.93. The van der Waals surface area contributed by atoms with Crippen LogP contribution in [0.25, 0.3) is 11.0 Å². The van der Waals surface area contributed by atoms with E-state index in [1.807, 2.05) is 13.8 Å². The van der Waals surface area contributed by atoms with Gasteiger partial charge in [0.15, 0.2) is 11.5 Å². The maximum absolute atomic E-state index is 13.9. The third-order valence-corrected chi connectivity index (χ3v) is 5.25. The second-order valence-corrected chi connectivity index (χ2v) is 7.93. The highest BCUT2D eigenvalue weighted by Gasteiger charge is 2.38. The number of halogens is 3. The van der Waals surface area contributed by atoms with E-state index in [1.54, 1.807) is 29.3 Å². The number of fused-ring (bicyclic) bond motifs is 1. The van der Waals surface area contributed by atoms with Gasteiger partial charge >= 0.3 is 6.18 Å². The molecule has 1 aliphatic heterocycles. The Hall–Kier alpha value is -3.17. The number of hydrogen-bond acceptors (Lipinski definition) is 5. The van der Waals surface area contributed by atoms with Crippen molar-refractivity contribution in [3.8, 4) is 0 Å². The Morgan fingerprint density at radius 1 is 1.35 bits per heavy atom. The number of aromatic amines is 1. The number of rotatable bonds is 5. The SMILES string of the molecule is CC(C)Nc1n[nH]c2nc(C3CCCN3C(=O)Cc3ccccn3)cc(C(F)(F)F)c12. The molecular weight excluding hydrogens is 409 g/mol. The highest BCUT2D eigenvalue weighted by molar-refractivity contribution is 5.91. The highest BCUT2D eigenvalue weighted by Crippen LogP contribution is 2.40. The summed E-state index contributed by atoms with van der Waals surface area (Å²) in [6.45, 7) is 4.11. The fourth-order valence-corrected chi connectivity index (χ4v) is 3.95. The first-order valence-electron chi connectivity index (χ1n) is 10.2. The maximum Gasteiger partial charge on any atom is 0.417 e. The zero-order valence-electron chi connectivity index (χ0n) is 17.2. The number of nitrogens with zero attached hydrogens (tertiary/aromatic N) is 4. The van der Waals surface area contributed by atoms with E-state index in [9.17, 15) is 18.0 Å². The lowest BCUT2D eigenvalue weighted by molar-refractivity contribution is -0.136. The summed E-state index contributed by atoms with van der Waals surface area (Å²) in [5.74, 6) is -0.0608. The Morgan fingerprint density at radius 2 is 2.16 bits per heavy atom. The lowest BCUT2D eigenvalue weighted by atomic mass is 10.0. The largest absolute Gasteiger partial charge is 0.417 e. The standard InChI is InChI=1S/C21H23F3N6O/c1-12(2)26-19-18-14(21(22,23)24)11-15(27-20(18)29-28-19)16-7-5-9-30(16)17(31)10-13-6-3-4-8-25-13/h3-4,6,8,11-12,16H,5,7,9-10H2,1-2H3,(H2,26,27,28,29). The van der Waals surface area contributed by atoms with Crippen LogP contribution < -0.4 is 5.32 Å². The van der Waals surface area contributed by atoms with E-state index >= 15 is 0 Å². The van der Waals surface area contributed by atoms with Gasteiger partial charge in [0.05, 0.1) is 29.1 Å². The average Bonchev–Trinajstić information content (AvgIpc) is 3.34. The molecule has 0 bridgehead atoms. The van der Waals surface area contributed by atoms with E-state index in [-0.39, 0.29) is 40.9 Å². The van der Waals surface area contributed by atoms with Gasteiger partial charge in [-0.1, -0.05) is 6.07 Å². The second kappa shape index (κ2) is 8.16. The van der Waals surface area contributed by atoms with E-state index in [0.29, 0.717) is 25.1 Å². The van der Waals surface area contributed by atoms with Crippen LogP contribution in [0.2, 0.25) is 0 Å². The van der Waals surface area contributed by atoms with E-state index in [2.05, 4.69) is 25.5 Å². The molecule has 0 aromatic carbocycles. The first kappa shape index (κ1) is 21.1. The van der Waals surface area contributed by atoms with Crippen molar-refractivity contribution in [2.45, 2.75) is 51.4 Å². The van der Waals surface area contributed by atoms with E-state index < -0.39 is 17.8 Å². The molecular formula is C21H23F3N6O. The topological polar surface area (TPSA) is 86.8 Å². The molecule has 1 saturated heterocycles. The minimum Gasteiger partial charge on any atom is -0.366 e. The summed E-state index contributed by atoms with van der Waals surface area (Å²) in [7, 11) is 0. The molecule has 2 N–H and O–H groups in total. The van der Waals surface area contributed by atoms with Crippen LogP contribution in [0.3, 0.4) is 0 Å². The number of amides is 1. The number of likely N-dealkylation sites (tertiary alicyclic amines) is 1. The van der Waals surface area contributed by atoms with Gasteiger partial charge in [0.1, 0.15) is 0 Å². The number of alkyl halides is 3. The summed E-state index contributed by atoms with van der Waals surface area (Å²) >= 11 is 0. The summed E-state index contributed by atoms with van der Waals surface area (Å²) in [6, 6.07) is 5.75. The molecule has 3 aromatic heterocycles. The molecule has 164 valence electrons. The fourth-order valence-electron chi connectivity index (χ4n) is 3.95. The van der Waals surface area contributed by atoms with E-state index in [1.165, 1.54) is 0 Å². The zero-order chi connectivity index (χ0) is 22.2. The van der Waals surface area contributed by atoms with Crippen molar-refractivity contribution >= 4 is 22.8 Å². The number of carbonyl (C=O) groups is 1. The molecule has 3 aromatic rings. The smallest absolute Gasteiger partial charge is 0.366 e. The lowest BCUT2D eigenvalue weighted by Crippen LogP contribution is -2.32. The van der Waals surface area contributed by atoms with Crippen LogP contribution >= 0.6 is 0 Å². The van der Waals surface area contributed by atoms with Gasteiger partial charge in [-0.05, 0) is 44.9 Å². The zero-order valence-corrected chi connectivity index (χ0v) is 17.2. The number of nitrogens with one attached hydrogen (secondary N) is 2. The molecule has 1 fully saturated rings. The molecule has 1 atom stereocenters. The van der Waals surface area contributed by atoms with Crippen molar-refractivity contribution in [3.63, 3.8) is 0 Å². The molecule has 0 radical (unpaired) electrons. The lowest BCUT2D eigenvalue weighted by Gasteiger charge is -2.25. The Bertz CT molecular complexity index is 1080. The number of carbonyl (C=O) groups excluding carboxylic acids is 1. The predicted octanol–water partition coefficient (Wildman–Crippen LogP) is 4.10. The first-order valence-corrected chi connectivity index (χ1v) is 10.2.